The highest BCUT2D eigenvalue weighted by Gasteiger charge is 2.61. The number of amides is 3. The van der Waals surface area contributed by atoms with Crippen molar-refractivity contribution >= 4 is 29.4 Å². The van der Waals surface area contributed by atoms with Crippen molar-refractivity contribution in [3.05, 3.63) is 29.8 Å². The van der Waals surface area contributed by atoms with Gasteiger partial charge in [-0.3, -0.25) is 19.3 Å². The summed E-state index contributed by atoms with van der Waals surface area (Å²) in [6.07, 6.45) is 5.76. The van der Waals surface area contributed by atoms with Gasteiger partial charge < -0.3 is 10.1 Å². The van der Waals surface area contributed by atoms with Gasteiger partial charge in [0, 0.05) is 12.0 Å². The number of anilines is 1. The SMILES string of the molecule is COC(=O)c1ccccc1NC(=O)C1CCC(N2C(=O)[C@@H]3[C@@H]4CC[C@@H](C4)[C@@H]3C2=O)CC1. The minimum absolute atomic E-state index is 0.0436. The predicted molar refractivity (Wildman–Crippen MR) is 112 cm³/mol. The van der Waals surface area contributed by atoms with Gasteiger partial charge in [0.15, 0.2) is 0 Å². The van der Waals surface area contributed by atoms with Crippen LogP contribution >= 0.6 is 0 Å². The fourth-order valence-electron chi connectivity index (χ4n) is 6.50. The van der Waals surface area contributed by atoms with Crippen LogP contribution in [0.15, 0.2) is 24.3 Å². The van der Waals surface area contributed by atoms with Crippen molar-refractivity contribution < 1.29 is 23.9 Å². The Morgan fingerprint density at radius 1 is 0.935 bits per heavy atom. The van der Waals surface area contributed by atoms with Gasteiger partial charge in [0.2, 0.25) is 17.7 Å². The number of benzene rings is 1. The second-order valence-corrected chi connectivity index (χ2v) is 9.46. The van der Waals surface area contributed by atoms with Gasteiger partial charge >= 0.3 is 5.97 Å². The number of ether oxygens (including phenoxy) is 1. The molecule has 5 rings (SSSR count). The van der Waals surface area contributed by atoms with Gasteiger partial charge in [-0.25, -0.2) is 4.79 Å². The van der Waals surface area contributed by atoms with Gasteiger partial charge in [-0.05, 0) is 68.9 Å². The van der Waals surface area contributed by atoms with Crippen LogP contribution in [0, 0.1) is 29.6 Å². The third-order valence-electron chi connectivity index (χ3n) is 7.98. The summed E-state index contributed by atoms with van der Waals surface area (Å²) in [7, 11) is 1.31. The van der Waals surface area contributed by atoms with Crippen molar-refractivity contribution in [2.24, 2.45) is 29.6 Å². The molecular weight excluding hydrogens is 396 g/mol. The van der Waals surface area contributed by atoms with Gasteiger partial charge in [-0.15, -0.1) is 0 Å². The average Bonchev–Trinajstić information content (AvgIpc) is 3.47. The molecule has 3 saturated carbocycles. The molecule has 0 aromatic heterocycles. The number of likely N-dealkylation sites (tertiary alicyclic amines) is 1. The van der Waals surface area contributed by atoms with E-state index in [2.05, 4.69) is 5.32 Å². The molecule has 31 heavy (non-hydrogen) atoms. The van der Waals surface area contributed by atoms with E-state index >= 15 is 0 Å². The molecular formula is C24H28N2O5. The van der Waals surface area contributed by atoms with Crippen molar-refractivity contribution in [2.75, 3.05) is 12.4 Å². The van der Waals surface area contributed by atoms with E-state index in [1.807, 2.05) is 0 Å². The van der Waals surface area contributed by atoms with Crippen LogP contribution in [0.25, 0.3) is 0 Å². The van der Waals surface area contributed by atoms with Gasteiger partial charge in [-0.2, -0.15) is 0 Å². The highest BCUT2D eigenvalue weighted by atomic mass is 16.5. The smallest absolute Gasteiger partial charge is 0.339 e. The Bertz CT molecular complexity index is 908. The second kappa shape index (κ2) is 7.77. The lowest BCUT2D eigenvalue weighted by Crippen LogP contribution is -2.44. The van der Waals surface area contributed by atoms with E-state index in [0.29, 0.717) is 48.8 Å². The molecule has 4 fully saturated rings. The number of hydrogen-bond donors (Lipinski definition) is 1. The van der Waals surface area contributed by atoms with E-state index in [4.69, 9.17) is 4.74 Å². The van der Waals surface area contributed by atoms with Crippen molar-refractivity contribution in [2.45, 2.75) is 51.0 Å². The molecule has 4 atom stereocenters. The Kier molecular flexibility index (Phi) is 5.07. The lowest BCUT2D eigenvalue weighted by atomic mass is 9.81. The lowest BCUT2D eigenvalue weighted by Gasteiger charge is -2.33. The molecule has 3 amide bonds. The summed E-state index contributed by atoms with van der Waals surface area (Å²) < 4.78 is 4.79. The Hall–Kier alpha value is -2.70. The van der Waals surface area contributed by atoms with Crippen LogP contribution in [0.4, 0.5) is 5.69 Å². The number of esters is 1. The average molecular weight is 424 g/mol. The number of para-hydroxylation sites is 1. The Labute approximate surface area is 181 Å². The molecule has 0 unspecified atom stereocenters. The minimum atomic E-state index is -0.495. The zero-order valence-corrected chi connectivity index (χ0v) is 17.7. The number of nitrogens with zero attached hydrogens (tertiary/aromatic N) is 1. The van der Waals surface area contributed by atoms with Crippen LogP contribution in [-0.4, -0.2) is 41.7 Å². The molecule has 0 spiro atoms. The van der Waals surface area contributed by atoms with Crippen LogP contribution < -0.4 is 5.32 Å². The first-order chi connectivity index (χ1) is 15.0. The molecule has 4 aliphatic rings. The number of carbonyl (C=O) groups excluding carboxylic acids is 4. The van der Waals surface area contributed by atoms with E-state index in [-0.39, 0.29) is 41.5 Å². The number of hydrogen-bond acceptors (Lipinski definition) is 5. The fraction of sp³-hybridized carbons (Fsp3) is 0.583. The third-order valence-corrected chi connectivity index (χ3v) is 7.98. The number of nitrogens with one attached hydrogen (secondary N) is 1. The topological polar surface area (TPSA) is 92.8 Å². The molecule has 1 aromatic rings. The summed E-state index contributed by atoms with van der Waals surface area (Å²) in [5.74, 6) is -0.116. The largest absolute Gasteiger partial charge is 0.465 e. The highest BCUT2D eigenvalue weighted by molar-refractivity contribution is 6.06. The third kappa shape index (κ3) is 3.25. The van der Waals surface area contributed by atoms with Gasteiger partial charge in [0.25, 0.3) is 0 Å². The second-order valence-electron chi connectivity index (χ2n) is 9.46. The van der Waals surface area contributed by atoms with Crippen molar-refractivity contribution in [3.8, 4) is 0 Å². The van der Waals surface area contributed by atoms with Crippen molar-refractivity contribution in [3.63, 3.8) is 0 Å². The van der Waals surface area contributed by atoms with E-state index < -0.39 is 5.97 Å². The maximum absolute atomic E-state index is 13.1. The number of rotatable bonds is 4. The van der Waals surface area contributed by atoms with Crippen LogP contribution in [0.2, 0.25) is 0 Å². The predicted octanol–water partition coefficient (Wildman–Crippen LogP) is 3.00. The van der Waals surface area contributed by atoms with Crippen molar-refractivity contribution in [1.82, 2.24) is 4.90 Å². The molecule has 164 valence electrons. The van der Waals surface area contributed by atoms with Crippen LogP contribution in [0.5, 0.6) is 0 Å². The zero-order chi connectivity index (χ0) is 21.7. The molecule has 1 aromatic carbocycles. The Morgan fingerprint density at radius 2 is 1.55 bits per heavy atom. The first-order valence-electron chi connectivity index (χ1n) is 11.3. The highest BCUT2D eigenvalue weighted by Crippen LogP contribution is 2.56. The maximum Gasteiger partial charge on any atom is 0.339 e. The van der Waals surface area contributed by atoms with E-state index in [0.717, 1.165) is 19.3 Å². The molecule has 3 aliphatic carbocycles. The van der Waals surface area contributed by atoms with E-state index in [1.54, 1.807) is 29.2 Å². The van der Waals surface area contributed by atoms with Gasteiger partial charge in [-0.1, -0.05) is 12.1 Å². The van der Waals surface area contributed by atoms with Crippen molar-refractivity contribution in [1.29, 1.82) is 0 Å². The normalized spacial score (nSPS) is 34.0. The number of carbonyl (C=O) groups is 4. The number of imide groups is 1. The molecule has 7 nitrogen and oxygen atoms in total. The Morgan fingerprint density at radius 3 is 2.16 bits per heavy atom. The lowest BCUT2D eigenvalue weighted by molar-refractivity contribution is -0.144. The number of fused-ring (bicyclic) bond motifs is 5. The summed E-state index contributed by atoms with van der Waals surface area (Å²) in [5.41, 5.74) is 0.760. The van der Waals surface area contributed by atoms with Crippen LogP contribution in [-0.2, 0) is 19.1 Å². The summed E-state index contributed by atoms with van der Waals surface area (Å²) in [6, 6.07) is 6.69. The van der Waals surface area contributed by atoms with E-state index in [1.165, 1.54) is 7.11 Å². The summed E-state index contributed by atoms with van der Waals surface area (Å²) in [5, 5.41) is 2.86. The zero-order valence-electron chi connectivity index (χ0n) is 17.7. The summed E-state index contributed by atoms with van der Waals surface area (Å²) in [4.78, 5) is 52.4. The first-order valence-corrected chi connectivity index (χ1v) is 11.3. The monoisotopic (exact) mass is 424 g/mol. The van der Waals surface area contributed by atoms with Crippen LogP contribution in [0.3, 0.4) is 0 Å². The van der Waals surface area contributed by atoms with E-state index in [9.17, 15) is 19.2 Å². The first kappa shape index (κ1) is 20.2. The minimum Gasteiger partial charge on any atom is -0.465 e. The van der Waals surface area contributed by atoms with Crippen LogP contribution in [0.1, 0.15) is 55.3 Å². The molecule has 1 heterocycles. The maximum atomic E-state index is 13.1. The summed E-state index contributed by atoms with van der Waals surface area (Å²) >= 11 is 0. The molecule has 0 radical (unpaired) electrons. The molecule has 7 heteroatoms. The Balaban J connectivity index is 1.22. The standard InChI is InChI=1S/C24H28N2O5/c1-31-24(30)17-4-2-3-5-18(17)25-21(27)13-8-10-16(11-9-13)26-22(28)19-14-6-7-15(12-14)20(19)23(26)29/h2-5,13-16,19-20H,6-12H2,1H3,(H,25,27)/t13?,14-,15+,16?,19-,20+. The molecule has 1 saturated heterocycles. The molecule has 1 N–H and O–H groups in total. The van der Waals surface area contributed by atoms with Gasteiger partial charge in [0.05, 0.1) is 30.2 Å². The fourth-order valence-corrected chi connectivity index (χ4v) is 6.50. The number of methoxy groups -OCH3 is 1. The quantitative estimate of drug-likeness (QED) is 0.593. The van der Waals surface area contributed by atoms with Gasteiger partial charge in [0.1, 0.15) is 0 Å². The summed E-state index contributed by atoms with van der Waals surface area (Å²) in [6.45, 7) is 0. The molecule has 1 aliphatic heterocycles. The molecule has 2 bridgehead atoms.